The number of hydrogen-bond donors (Lipinski definition) is 1. The lowest BCUT2D eigenvalue weighted by atomic mass is 10.0. The maximum absolute atomic E-state index is 13.0. The van der Waals surface area contributed by atoms with Gasteiger partial charge in [0.2, 0.25) is 6.41 Å². The Labute approximate surface area is 145 Å². The van der Waals surface area contributed by atoms with E-state index in [2.05, 4.69) is 0 Å². The molecule has 1 N–H and O–H groups in total. The van der Waals surface area contributed by atoms with Crippen LogP contribution in [0.25, 0.3) is 0 Å². The average Bonchev–Trinajstić information content (AvgIpc) is 2.63. The van der Waals surface area contributed by atoms with Crippen molar-refractivity contribution >= 4 is 18.0 Å². The Balaban J connectivity index is 2.08. The predicted octanol–water partition coefficient (Wildman–Crippen LogP) is 2.93. The van der Waals surface area contributed by atoms with Gasteiger partial charge in [-0.2, -0.15) is 0 Å². The van der Waals surface area contributed by atoms with Crippen LogP contribution in [0.15, 0.2) is 54.6 Å². The summed E-state index contributed by atoms with van der Waals surface area (Å²) in [6.07, 6.45) is -0.160. The number of amides is 1. The number of aliphatic hydroxyl groups is 1. The van der Waals surface area contributed by atoms with Gasteiger partial charge in [0.25, 0.3) is 0 Å². The highest BCUT2D eigenvalue weighted by molar-refractivity contribution is 6.18. The van der Waals surface area contributed by atoms with E-state index in [0.29, 0.717) is 12.8 Å². The normalized spacial score (nSPS) is 13.3. The fraction of sp³-hybridized carbons (Fsp3) is 0.278. The summed E-state index contributed by atoms with van der Waals surface area (Å²) < 4.78 is 13.0. The van der Waals surface area contributed by atoms with E-state index in [4.69, 9.17) is 16.4 Å². The first-order chi connectivity index (χ1) is 11.6. The number of alkyl halides is 1. The number of carbonyl (C=O) groups is 1. The predicted molar refractivity (Wildman–Crippen MR) is 89.8 cm³/mol. The van der Waals surface area contributed by atoms with Gasteiger partial charge >= 0.3 is 0 Å². The number of rotatable bonds is 9. The quantitative estimate of drug-likeness (QED) is 0.429. The van der Waals surface area contributed by atoms with E-state index in [0.717, 1.165) is 16.2 Å². The second kappa shape index (κ2) is 9.37. The molecule has 0 saturated carbocycles. The third-order valence-electron chi connectivity index (χ3n) is 3.61. The van der Waals surface area contributed by atoms with E-state index >= 15 is 0 Å². The van der Waals surface area contributed by atoms with Crippen molar-refractivity contribution < 1.29 is 19.1 Å². The Kier molecular flexibility index (Phi) is 7.18. The molecule has 2 atom stereocenters. The van der Waals surface area contributed by atoms with Crippen LogP contribution in [0.4, 0.5) is 4.39 Å². The Morgan fingerprint density at radius 1 is 1.12 bits per heavy atom. The summed E-state index contributed by atoms with van der Waals surface area (Å²) in [5, 5.41) is 11.2. The van der Waals surface area contributed by atoms with Gasteiger partial charge in [0.05, 0.1) is 18.0 Å². The summed E-state index contributed by atoms with van der Waals surface area (Å²) in [6.45, 7) is 0.189. The van der Waals surface area contributed by atoms with Gasteiger partial charge < -0.3 is 5.11 Å². The molecule has 0 fully saturated rings. The van der Waals surface area contributed by atoms with E-state index in [1.165, 1.54) is 12.1 Å². The second-order valence-corrected chi connectivity index (χ2v) is 5.65. The van der Waals surface area contributed by atoms with Gasteiger partial charge in [-0.05, 0) is 29.7 Å². The number of benzene rings is 2. The van der Waals surface area contributed by atoms with Gasteiger partial charge in [0.15, 0.2) is 0 Å². The minimum absolute atomic E-state index is 0.0507. The first-order valence-electron chi connectivity index (χ1n) is 7.53. The van der Waals surface area contributed by atoms with Gasteiger partial charge in [0, 0.05) is 0 Å². The maximum Gasteiger partial charge on any atom is 0.233 e. The zero-order valence-electron chi connectivity index (χ0n) is 13.0. The highest BCUT2D eigenvalue weighted by atomic mass is 35.5. The lowest BCUT2D eigenvalue weighted by Crippen LogP contribution is -2.45. The Morgan fingerprint density at radius 2 is 1.79 bits per heavy atom. The molecule has 0 radical (unpaired) electrons. The van der Waals surface area contributed by atoms with E-state index in [1.54, 1.807) is 12.1 Å². The van der Waals surface area contributed by atoms with Gasteiger partial charge in [-0.25, -0.2) is 9.45 Å². The van der Waals surface area contributed by atoms with Gasteiger partial charge in [-0.3, -0.25) is 9.63 Å². The lowest BCUT2D eigenvalue weighted by Gasteiger charge is -2.30. The summed E-state index contributed by atoms with van der Waals surface area (Å²) in [5.41, 5.74) is 1.66. The topological polar surface area (TPSA) is 49.8 Å². The van der Waals surface area contributed by atoms with Crippen molar-refractivity contribution in [2.45, 2.75) is 25.2 Å². The van der Waals surface area contributed by atoms with Crippen molar-refractivity contribution in [1.29, 1.82) is 0 Å². The first kappa shape index (κ1) is 18.4. The third-order valence-corrected chi connectivity index (χ3v) is 3.93. The van der Waals surface area contributed by atoms with Crippen LogP contribution in [0.2, 0.25) is 0 Å². The molecule has 0 aliphatic carbocycles. The van der Waals surface area contributed by atoms with Crippen LogP contribution in [0.5, 0.6) is 0 Å². The molecule has 0 aliphatic heterocycles. The zero-order chi connectivity index (χ0) is 17.4. The smallest absolute Gasteiger partial charge is 0.233 e. The Bertz CT molecular complexity index is 624. The number of hydrogen-bond acceptors (Lipinski definition) is 3. The fourth-order valence-corrected chi connectivity index (χ4v) is 2.49. The number of hydroxylamine groups is 2. The molecule has 6 heteroatoms. The zero-order valence-corrected chi connectivity index (χ0v) is 13.8. The molecule has 0 saturated heterocycles. The lowest BCUT2D eigenvalue weighted by molar-refractivity contribution is -0.203. The summed E-state index contributed by atoms with van der Waals surface area (Å²) in [4.78, 5) is 17.0. The summed E-state index contributed by atoms with van der Waals surface area (Å²) in [5.74, 6) is -0.397. The molecule has 4 nitrogen and oxygen atoms in total. The fourth-order valence-electron chi connectivity index (χ4n) is 2.29. The number of carbonyl (C=O) groups excluding carboxylic acids is 1. The van der Waals surface area contributed by atoms with Crippen molar-refractivity contribution in [3.8, 4) is 0 Å². The Morgan fingerprint density at radius 3 is 2.38 bits per heavy atom. The number of aliphatic hydroxyl groups excluding tert-OH is 1. The third kappa shape index (κ3) is 5.30. The van der Waals surface area contributed by atoms with Crippen LogP contribution in [0, 0.1) is 5.82 Å². The SMILES string of the molecule is O=CN(OCc1ccccc1)C(Cc1ccc(F)cc1)C(O)CCl. The number of halogens is 2. The monoisotopic (exact) mass is 351 g/mol. The van der Waals surface area contributed by atoms with Gasteiger partial charge in [-0.1, -0.05) is 42.5 Å². The molecule has 0 heterocycles. The average molecular weight is 352 g/mol. The van der Waals surface area contributed by atoms with E-state index in [1.807, 2.05) is 30.3 Å². The molecule has 2 rings (SSSR count). The molecular formula is C18H19ClFNO3. The summed E-state index contributed by atoms with van der Waals surface area (Å²) >= 11 is 5.75. The van der Waals surface area contributed by atoms with Crippen molar-refractivity contribution in [1.82, 2.24) is 5.06 Å². The molecule has 0 bridgehead atoms. The minimum atomic E-state index is -0.974. The number of nitrogens with zero attached hydrogens (tertiary/aromatic N) is 1. The van der Waals surface area contributed by atoms with Gasteiger partial charge in [0.1, 0.15) is 12.4 Å². The maximum atomic E-state index is 13.0. The molecular weight excluding hydrogens is 333 g/mol. The van der Waals surface area contributed by atoms with Crippen LogP contribution < -0.4 is 0 Å². The molecule has 0 aromatic heterocycles. The van der Waals surface area contributed by atoms with Crippen molar-refractivity contribution in [2.75, 3.05) is 5.88 Å². The molecule has 0 spiro atoms. The molecule has 2 aromatic carbocycles. The van der Waals surface area contributed by atoms with Crippen LogP contribution in [-0.2, 0) is 22.7 Å². The van der Waals surface area contributed by atoms with E-state index in [9.17, 15) is 14.3 Å². The highest BCUT2D eigenvalue weighted by Gasteiger charge is 2.26. The van der Waals surface area contributed by atoms with Crippen LogP contribution >= 0.6 is 11.6 Å². The second-order valence-electron chi connectivity index (χ2n) is 5.34. The van der Waals surface area contributed by atoms with Crippen molar-refractivity contribution in [2.24, 2.45) is 0 Å². The minimum Gasteiger partial charge on any atom is -0.390 e. The summed E-state index contributed by atoms with van der Waals surface area (Å²) in [7, 11) is 0. The molecule has 2 unspecified atom stereocenters. The largest absolute Gasteiger partial charge is 0.390 e. The van der Waals surface area contributed by atoms with Crippen molar-refractivity contribution in [3.63, 3.8) is 0 Å². The molecule has 2 aromatic rings. The standard InChI is InChI=1S/C18H19ClFNO3/c19-11-18(23)17(10-14-6-8-16(20)9-7-14)21(13-22)24-12-15-4-2-1-3-5-15/h1-9,13,17-18,23H,10-12H2. The highest BCUT2D eigenvalue weighted by Crippen LogP contribution is 2.15. The summed E-state index contributed by atoms with van der Waals surface area (Å²) in [6, 6.07) is 14.6. The van der Waals surface area contributed by atoms with E-state index in [-0.39, 0.29) is 18.3 Å². The van der Waals surface area contributed by atoms with Crippen LogP contribution in [-0.4, -0.2) is 34.6 Å². The Hall–Kier alpha value is -1.95. The first-order valence-corrected chi connectivity index (χ1v) is 8.06. The van der Waals surface area contributed by atoms with Crippen LogP contribution in [0.1, 0.15) is 11.1 Å². The molecule has 0 aliphatic rings. The molecule has 24 heavy (non-hydrogen) atoms. The molecule has 128 valence electrons. The van der Waals surface area contributed by atoms with E-state index < -0.39 is 12.1 Å². The van der Waals surface area contributed by atoms with Crippen molar-refractivity contribution in [3.05, 3.63) is 71.5 Å². The van der Waals surface area contributed by atoms with Crippen LogP contribution in [0.3, 0.4) is 0 Å². The van der Waals surface area contributed by atoms with Gasteiger partial charge in [-0.15, -0.1) is 11.6 Å². The molecule has 1 amide bonds.